The maximum Gasteiger partial charge on any atom is 0.252 e. The van der Waals surface area contributed by atoms with Crippen LogP contribution in [0, 0.1) is 5.82 Å². The average Bonchev–Trinajstić information content (AvgIpc) is 2.57. The Morgan fingerprint density at radius 3 is 2.61 bits per heavy atom. The summed E-state index contributed by atoms with van der Waals surface area (Å²) in [5.41, 5.74) is 1.48. The molecule has 0 fully saturated rings. The van der Waals surface area contributed by atoms with Crippen molar-refractivity contribution in [3.05, 3.63) is 59.5 Å². The van der Waals surface area contributed by atoms with Crippen molar-refractivity contribution in [1.82, 2.24) is 10.3 Å². The Morgan fingerprint density at radius 2 is 1.96 bits per heavy atom. The number of benzene rings is 1. The molecule has 2 aromatic rings. The van der Waals surface area contributed by atoms with Crippen LogP contribution in [0.25, 0.3) is 0 Å². The molecule has 0 saturated carbocycles. The number of anilines is 1. The van der Waals surface area contributed by atoms with Crippen molar-refractivity contribution in [2.75, 3.05) is 32.1 Å². The normalized spacial score (nSPS) is 10.3. The van der Waals surface area contributed by atoms with E-state index in [1.807, 2.05) is 0 Å². The number of amides is 1. The zero-order valence-electron chi connectivity index (χ0n) is 13.0. The standard InChI is InChI=1S/C17H20FN3O2/c1-23-11-10-19-16-7-4-14(12-21-16)17(22)20-9-8-13-2-5-15(18)6-3-13/h2-7,12H,8-11H2,1H3,(H,19,21)(H,20,22). The third-order valence-corrected chi connectivity index (χ3v) is 3.25. The molecule has 0 saturated heterocycles. The molecule has 0 unspecified atom stereocenters. The van der Waals surface area contributed by atoms with Gasteiger partial charge in [0.25, 0.3) is 5.91 Å². The van der Waals surface area contributed by atoms with Crippen molar-refractivity contribution < 1.29 is 13.9 Å². The van der Waals surface area contributed by atoms with E-state index in [0.29, 0.717) is 37.5 Å². The van der Waals surface area contributed by atoms with E-state index in [1.165, 1.54) is 18.3 Å². The van der Waals surface area contributed by atoms with Gasteiger partial charge in [-0.05, 0) is 36.2 Å². The van der Waals surface area contributed by atoms with Gasteiger partial charge in [-0.1, -0.05) is 12.1 Å². The molecule has 1 amide bonds. The molecule has 0 radical (unpaired) electrons. The first-order valence-corrected chi connectivity index (χ1v) is 7.40. The Balaban J connectivity index is 1.77. The summed E-state index contributed by atoms with van der Waals surface area (Å²) in [4.78, 5) is 16.2. The van der Waals surface area contributed by atoms with E-state index in [1.54, 1.807) is 31.4 Å². The molecule has 1 aromatic heterocycles. The van der Waals surface area contributed by atoms with E-state index in [9.17, 15) is 9.18 Å². The van der Waals surface area contributed by atoms with Gasteiger partial charge in [0.05, 0.1) is 12.2 Å². The number of pyridine rings is 1. The summed E-state index contributed by atoms with van der Waals surface area (Å²) in [6.07, 6.45) is 2.18. The molecule has 2 rings (SSSR count). The number of ether oxygens (including phenoxy) is 1. The van der Waals surface area contributed by atoms with Gasteiger partial charge in [-0.15, -0.1) is 0 Å². The Kier molecular flexibility index (Phi) is 6.50. The number of aromatic nitrogens is 1. The predicted octanol–water partition coefficient (Wildman–Crippen LogP) is 2.25. The molecule has 122 valence electrons. The van der Waals surface area contributed by atoms with Crippen LogP contribution in [-0.2, 0) is 11.2 Å². The minimum atomic E-state index is -0.261. The van der Waals surface area contributed by atoms with E-state index < -0.39 is 0 Å². The van der Waals surface area contributed by atoms with Crippen molar-refractivity contribution in [2.45, 2.75) is 6.42 Å². The summed E-state index contributed by atoms with van der Waals surface area (Å²) < 4.78 is 17.7. The number of hydrogen-bond donors (Lipinski definition) is 2. The minimum absolute atomic E-state index is 0.178. The van der Waals surface area contributed by atoms with Gasteiger partial charge in [0.2, 0.25) is 0 Å². The first-order valence-electron chi connectivity index (χ1n) is 7.40. The molecule has 0 bridgehead atoms. The molecule has 2 N–H and O–H groups in total. The Labute approximate surface area is 134 Å². The van der Waals surface area contributed by atoms with Crippen LogP contribution in [-0.4, -0.2) is 37.7 Å². The van der Waals surface area contributed by atoms with Gasteiger partial charge in [-0.25, -0.2) is 9.37 Å². The lowest BCUT2D eigenvalue weighted by Crippen LogP contribution is -2.25. The Hall–Kier alpha value is -2.47. The van der Waals surface area contributed by atoms with Crippen LogP contribution in [0.15, 0.2) is 42.6 Å². The molecule has 23 heavy (non-hydrogen) atoms. The second-order valence-corrected chi connectivity index (χ2v) is 4.98. The van der Waals surface area contributed by atoms with Gasteiger partial charge < -0.3 is 15.4 Å². The highest BCUT2D eigenvalue weighted by molar-refractivity contribution is 5.94. The maximum absolute atomic E-state index is 12.8. The average molecular weight is 317 g/mol. The highest BCUT2D eigenvalue weighted by Gasteiger charge is 2.05. The molecule has 0 atom stereocenters. The lowest BCUT2D eigenvalue weighted by molar-refractivity contribution is 0.0954. The van der Waals surface area contributed by atoms with Crippen molar-refractivity contribution in [3.63, 3.8) is 0 Å². The maximum atomic E-state index is 12.8. The molecule has 0 aliphatic heterocycles. The van der Waals surface area contributed by atoms with Gasteiger partial charge >= 0.3 is 0 Å². The number of nitrogens with one attached hydrogen (secondary N) is 2. The number of halogens is 1. The smallest absolute Gasteiger partial charge is 0.252 e. The van der Waals surface area contributed by atoms with Crippen molar-refractivity contribution in [1.29, 1.82) is 0 Å². The summed E-state index contributed by atoms with van der Waals surface area (Å²) in [6.45, 7) is 1.73. The SMILES string of the molecule is COCCNc1ccc(C(=O)NCCc2ccc(F)cc2)cn1. The Bertz CT molecular complexity index is 615. The van der Waals surface area contributed by atoms with Crippen LogP contribution < -0.4 is 10.6 Å². The number of methoxy groups -OCH3 is 1. The first kappa shape index (κ1) is 16.9. The minimum Gasteiger partial charge on any atom is -0.383 e. The number of carbonyl (C=O) groups excluding carboxylic acids is 1. The second kappa shape index (κ2) is 8.85. The highest BCUT2D eigenvalue weighted by atomic mass is 19.1. The van der Waals surface area contributed by atoms with E-state index >= 15 is 0 Å². The number of carbonyl (C=O) groups is 1. The van der Waals surface area contributed by atoms with Crippen molar-refractivity contribution >= 4 is 11.7 Å². The number of rotatable bonds is 8. The zero-order chi connectivity index (χ0) is 16.5. The fourth-order valence-electron chi connectivity index (χ4n) is 1.99. The molecule has 0 aliphatic carbocycles. The van der Waals surface area contributed by atoms with Gasteiger partial charge in [-0.2, -0.15) is 0 Å². The summed E-state index contributed by atoms with van der Waals surface area (Å²) in [7, 11) is 1.63. The lowest BCUT2D eigenvalue weighted by atomic mass is 10.1. The topological polar surface area (TPSA) is 63.2 Å². The van der Waals surface area contributed by atoms with Crippen LogP contribution in [0.1, 0.15) is 15.9 Å². The second-order valence-electron chi connectivity index (χ2n) is 4.98. The molecular weight excluding hydrogens is 297 g/mol. The van der Waals surface area contributed by atoms with Crippen LogP contribution in [0.2, 0.25) is 0 Å². The fourth-order valence-corrected chi connectivity index (χ4v) is 1.99. The van der Waals surface area contributed by atoms with E-state index in [2.05, 4.69) is 15.6 Å². The summed E-state index contributed by atoms with van der Waals surface area (Å²) in [5.74, 6) is 0.260. The number of hydrogen-bond acceptors (Lipinski definition) is 4. The number of nitrogens with zero attached hydrogens (tertiary/aromatic N) is 1. The van der Waals surface area contributed by atoms with Crippen LogP contribution >= 0.6 is 0 Å². The molecule has 5 nitrogen and oxygen atoms in total. The molecule has 1 aromatic carbocycles. The van der Waals surface area contributed by atoms with Gasteiger partial charge in [-0.3, -0.25) is 4.79 Å². The quantitative estimate of drug-likeness (QED) is 0.733. The van der Waals surface area contributed by atoms with Crippen LogP contribution in [0.5, 0.6) is 0 Å². The van der Waals surface area contributed by atoms with E-state index in [0.717, 1.165) is 5.56 Å². The van der Waals surface area contributed by atoms with Crippen molar-refractivity contribution in [2.24, 2.45) is 0 Å². The largest absolute Gasteiger partial charge is 0.383 e. The zero-order valence-corrected chi connectivity index (χ0v) is 13.0. The molecule has 0 spiro atoms. The summed E-state index contributed by atoms with van der Waals surface area (Å²) in [5, 5.41) is 5.90. The summed E-state index contributed by atoms with van der Waals surface area (Å²) >= 11 is 0. The van der Waals surface area contributed by atoms with E-state index in [4.69, 9.17) is 4.74 Å². The third-order valence-electron chi connectivity index (χ3n) is 3.25. The van der Waals surface area contributed by atoms with E-state index in [-0.39, 0.29) is 11.7 Å². The van der Waals surface area contributed by atoms with Gasteiger partial charge in [0, 0.05) is 26.4 Å². The van der Waals surface area contributed by atoms with Crippen molar-refractivity contribution in [3.8, 4) is 0 Å². The molecule has 1 heterocycles. The first-order chi connectivity index (χ1) is 11.2. The van der Waals surface area contributed by atoms with Gasteiger partial charge in [0.15, 0.2) is 0 Å². The third kappa shape index (κ3) is 5.67. The fraction of sp³-hybridized carbons (Fsp3) is 0.294. The molecule has 6 heteroatoms. The monoisotopic (exact) mass is 317 g/mol. The molecular formula is C17H20FN3O2. The van der Waals surface area contributed by atoms with Crippen LogP contribution in [0.4, 0.5) is 10.2 Å². The lowest BCUT2D eigenvalue weighted by Gasteiger charge is -2.07. The summed E-state index contributed by atoms with van der Waals surface area (Å²) in [6, 6.07) is 9.72. The Morgan fingerprint density at radius 1 is 1.17 bits per heavy atom. The van der Waals surface area contributed by atoms with Crippen LogP contribution in [0.3, 0.4) is 0 Å². The van der Waals surface area contributed by atoms with Gasteiger partial charge in [0.1, 0.15) is 11.6 Å². The highest BCUT2D eigenvalue weighted by Crippen LogP contribution is 2.06. The molecule has 0 aliphatic rings. The predicted molar refractivity (Wildman–Crippen MR) is 87.0 cm³/mol.